The van der Waals surface area contributed by atoms with E-state index in [-0.39, 0.29) is 0 Å². The van der Waals surface area contributed by atoms with E-state index in [9.17, 15) is 32.8 Å². The smallest absolute Gasteiger partial charge is 0.372 e. The van der Waals surface area contributed by atoms with Gasteiger partial charge in [-0.3, -0.25) is 10.1 Å². The summed E-state index contributed by atoms with van der Waals surface area (Å²) < 4.78 is 53.4. The van der Waals surface area contributed by atoms with Gasteiger partial charge in [0.05, 0.1) is 4.92 Å². The standard InChI is InChI=1S/C14H9F4NO3/c15-11-5-1-3-9(7-11)13(20,14(16,17)18)10-4-2-6-12(8-10)19(21)22/h1-8,20H. The van der Waals surface area contributed by atoms with Crippen molar-refractivity contribution in [2.24, 2.45) is 0 Å². The van der Waals surface area contributed by atoms with E-state index in [4.69, 9.17) is 0 Å². The highest BCUT2D eigenvalue weighted by Crippen LogP contribution is 2.44. The van der Waals surface area contributed by atoms with E-state index in [1.54, 1.807) is 0 Å². The Bertz CT molecular complexity index is 717. The molecule has 2 aromatic rings. The van der Waals surface area contributed by atoms with Gasteiger partial charge in [-0.05, 0) is 12.1 Å². The first-order valence-electron chi connectivity index (χ1n) is 5.96. The fraction of sp³-hybridized carbons (Fsp3) is 0.143. The lowest BCUT2D eigenvalue weighted by molar-refractivity contribution is -0.385. The van der Waals surface area contributed by atoms with Crippen LogP contribution < -0.4 is 0 Å². The predicted octanol–water partition coefficient (Wildman–Crippen LogP) is 3.53. The monoisotopic (exact) mass is 315 g/mol. The van der Waals surface area contributed by atoms with E-state index in [0.717, 1.165) is 36.4 Å². The molecule has 0 saturated heterocycles. The van der Waals surface area contributed by atoms with Crippen molar-refractivity contribution in [3.63, 3.8) is 0 Å². The highest BCUT2D eigenvalue weighted by atomic mass is 19.4. The van der Waals surface area contributed by atoms with E-state index >= 15 is 0 Å². The number of nitro groups is 1. The number of benzene rings is 2. The van der Waals surface area contributed by atoms with Crippen molar-refractivity contribution in [2.45, 2.75) is 11.8 Å². The van der Waals surface area contributed by atoms with Crippen LogP contribution in [0, 0.1) is 15.9 Å². The summed E-state index contributed by atoms with van der Waals surface area (Å²) in [5.74, 6) is -0.967. The second kappa shape index (κ2) is 5.38. The van der Waals surface area contributed by atoms with Gasteiger partial charge in [0.1, 0.15) is 5.82 Å². The quantitative estimate of drug-likeness (QED) is 0.535. The van der Waals surface area contributed by atoms with Crippen LogP contribution in [0.3, 0.4) is 0 Å². The Kier molecular flexibility index (Phi) is 3.89. The molecular weight excluding hydrogens is 306 g/mol. The Labute approximate surface area is 121 Å². The number of nitrogens with zero attached hydrogens (tertiary/aromatic N) is 1. The maximum Gasteiger partial charge on any atom is 0.425 e. The summed E-state index contributed by atoms with van der Waals surface area (Å²) in [5, 5.41) is 20.9. The first-order valence-corrected chi connectivity index (χ1v) is 5.96. The summed E-state index contributed by atoms with van der Waals surface area (Å²) in [4.78, 5) is 9.82. The van der Waals surface area contributed by atoms with E-state index in [0.29, 0.717) is 12.1 Å². The molecule has 2 aromatic carbocycles. The number of hydrogen-bond donors (Lipinski definition) is 1. The van der Waals surface area contributed by atoms with Gasteiger partial charge in [0.2, 0.25) is 5.60 Å². The van der Waals surface area contributed by atoms with Crippen LogP contribution >= 0.6 is 0 Å². The molecule has 0 radical (unpaired) electrons. The maximum atomic E-state index is 13.4. The molecule has 116 valence electrons. The number of halogens is 4. The lowest BCUT2D eigenvalue weighted by Gasteiger charge is -2.31. The molecule has 0 heterocycles. The summed E-state index contributed by atoms with van der Waals surface area (Å²) >= 11 is 0. The van der Waals surface area contributed by atoms with Gasteiger partial charge in [-0.2, -0.15) is 13.2 Å². The molecule has 0 amide bonds. The van der Waals surface area contributed by atoms with Crippen LogP contribution in [0.1, 0.15) is 11.1 Å². The fourth-order valence-corrected chi connectivity index (χ4v) is 2.05. The molecule has 8 heteroatoms. The van der Waals surface area contributed by atoms with Crippen molar-refractivity contribution >= 4 is 5.69 Å². The molecule has 1 atom stereocenters. The van der Waals surface area contributed by atoms with E-state index in [1.807, 2.05) is 0 Å². The van der Waals surface area contributed by atoms with Gasteiger partial charge in [0.25, 0.3) is 5.69 Å². The van der Waals surface area contributed by atoms with Gasteiger partial charge in [-0.15, -0.1) is 0 Å². The number of hydrogen-bond acceptors (Lipinski definition) is 3. The normalized spacial score (nSPS) is 14.4. The van der Waals surface area contributed by atoms with Crippen molar-refractivity contribution in [2.75, 3.05) is 0 Å². The summed E-state index contributed by atoms with van der Waals surface area (Å²) in [7, 11) is 0. The average Bonchev–Trinajstić information content (AvgIpc) is 2.45. The first-order chi connectivity index (χ1) is 10.2. The van der Waals surface area contributed by atoms with Gasteiger partial charge >= 0.3 is 6.18 Å². The van der Waals surface area contributed by atoms with Crippen LogP contribution in [0.5, 0.6) is 0 Å². The largest absolute Gasteiger partial charge is 0.425 e. The van der Waals surface area contributed by atoms with Gasteiger partial charge in [0, 0.05) is 23.3 Å². The third-order valence-corrected chi connectivity index (χ3v) is 3.13. The first kappa shape index (κ1) is 15.9. The van der Waals surface area contributed by atoms with Gasteiger partial charge in [-0.25, -0.2) is 4.39 Å². The molecule has 2 rings (SSSR count). The molecule has 4 nitrogen and oxygen atoms in total. The summed E-state index contributed by atoms with van der Waals surface area (Å²) in [6.07, 6.45) is -5.20. The molecule has 1 N–H and O–H groups in total. The number of aliphatic hydroxyl groups is 1. The van der Waals surface area contributed by atoms with Crippen molar-refractivity contribution in [1.82, 2.24) is 0 Å². The number of non-ortho nitro benzene ring substituents is 1. The van der Waals surface area contributed by atoms with Crippen molar-refractivity contribution in [3.8, 4) is 0 Å². The topological polar surface area (TPSA) is 63.4 Å². The van der Waals surface area contributed by atoms with Crippen LogP contribution in [0.4, 0.5) is 23.2 Å². The zero-order chi connectivity index (χ0) is 16.5. The lowest BCUT2D eigenvalue weighted by Crippen LogP contribution is -2.43. The van der Waals surface area contributed by atoms with E-state index in [2.05, 4.69) is 0 Å². The molecule has 0 aliphatic carbocycles. The van der Waals surface area contributed by atoms with Crippen molar-refractivity contribution in [1.29, 1.82) is 0 Å². The van der Waals surface area contributed by atoms with Gasteiger partial charge in [0.15, 0.2) is 0 Å². The zero-order valence-corrected chi connectivity index (χ0v) is 10.8. The second-order valence-corrected chi connectivity index (χ2v) is 4.53. The van der Waals surface area contributed by atoms with Crippen molar-refractivity contribution < 1.29 is 27.6 Å². The molecule has 0 bridgehead atoms. The highest BCUT2D eigenvalue weighted by molar-refractivity contribution is 5.44. The summed E-state index contributed by atoms with van der Waals surface area (Å²) in [6.45, 7) is 0. The molecule has 1 unspecified atom stereocenters. The van der Waals surface area contributed by atoms with E-state index < -0.39 is 39.3 Å². The second-order valence-electron chi connectivity index (χ2n) is 4.53. The number of alkyl halides is 3. The van der Waals surface area contributed by atoms with Crippen LogP contribution in [-0.4, -0.2) is 16.2 Å². The number of rotatable bonds is 3. The minimum Gasteiger partial charge on any atom is -0.372 e. The Morgan fingerprint density at radius 3 is 2.05 bits per heavy atom. The van der Waals surface area contributed by atoms with Gasteiger partial charge in [-0.1, -0.05) is 24.3 Å². The van der Waals surface area contributed by atoms with Crippen LogP contribution in [0.2, 0.25) is 0 Å². The average molecular weight is 315 g/mol. The van der Waals surface area contributed by atoms with E-state index in [1.165, 1.54) is 0 Å². The summed E-state index contributed by atoms with van der Waals surface area (Å²) in [6, 6.07) is 6.88. The molecule has 0 aliphatic rings. The zero-order valence-electron chi connectivity index (χ0n) is 10.8. The molecule has 0 aromatic heterocycles. The third-order valence-electron chi connectivity index (χ3n) is 3.13. The highest BCUT2D eigenvalue weighted by Gasteiger charge is 2.56. The minimum atomic E-state index is -5.20. The molecule has 22 heavy (non-hydrogen) atoms. The molecular formula is C14H9F4NO3. The Morgan fingerprint density at radius 2 is 1.55 bits per heavy atom. The Balaban J connectivity index is 2.71. The van der Waals surface area contributed by atoms with Crippen molar-refractivity contribution in [3.05, 3.63) is 75.6 Å². The molecule has 0 saturated carbocycles. The van der Waals surface area contributed by atoms with Gasteiger partial charge < -0.3 is 5.11 Å². The fourth-order valence-electron chi connectivity index (χ4n) is 2.05. The third kappa shape index (κ3) is 2.64. The number of nitro benzene ring substituents is 1. The lowest BCUT2D eigenvalue weighted by atomic mass is 9.85. The molecule has 0 fully saturated rings. The molecule has 0 spiro atoms. The Hall–Kier alpha value is -2.48. The van der Waals surface area contributed by atoms with Crippen LogP contribution in [0.15, 0.2) is 48.5 Å². The maximum absolute atomic E-state index is 13.4. The Morgan fingerprint density at radius 1 is 1.00 bits per heavy atom. The summed E-state index contributed by atoms with van der Waals surface area (Å²) in [5.41, 5.74) is -5.70. The predicted molar refractivity (Wildman–Crippen MR) is 68.6 cm³/mol. The van der Waals surface area contributed by atoms with Crippen LogP contribution in [0.25, 0.3) is 0 Å². The molecule has 0 aliphatic heterocycles. The minimum absolute atomic E-state index is 0.534. The van der Waals surface area contributed by atoms with Crippen LogP contribution in [-0.2, 0) is 5.60 Å². The SMILES string of the molecule is O=[N+]([O-])c1cccc(C(O)(c2cccc(F)c2)C(F)(F)F)c1.